The number of hydrogen-bond acceptors (Lipinski definition) is 5. The highest BCUT2D eigenvalue weighted by Crippen LogP contribution is 2.18. The second-order valence-electron chi connectivity index (χ2n) is 2.16. The third-order valence-corrected chi connectivity index (χ3v) is 1.95. The maximum Gasteiger partial charge on any atom is 0.246 e. The van der Waals surface area contributed by atoms with Crippen molar-refractivity contribution in [3.05, 3.63) is 22.8 Å². The SMILES string of the molecule is OCc1cnc(-c2cscn2)o1. The molecule has 2 heterocycles. The summed E-state index contributed by atoms with van der Waals surface area (Å²) in [6.07, 6.45) is 1.49. The minimum atomic E-state index is -0.128. The molecule has 0 aliphatic rings. The quantitative estimate of drug-likeness (QED) is 0.760. The van der Waals surface area contributed by atoms with Gasteiger partial charge in [0.1, 0.15) is 18.1 Å². The van der Waals surface area contributed by atoms with Gasteiger partial charge in [-0.3, -0.25) is 0 Å². The van der Waals surface area contributed by atoms with Crippen molar-refractivity contribution in [1.29, 1.82) is 0 Å². The Kier molecular flexibility index (Phi) is 1.89. The molecule has 62 valence electrons. The van der Waals surface area contributed by atoms with Crippen LogP contribution in [0.5, 0.6) is 0 Å². The van der Waals surface area contributed by atoms with Crippen molar-refractivity contribution < 1.29 is 9.52 Å². The van der Waals surface area contributed by atoms with Crippen LogP contribution in [0.2, 0.25) is 0 Å². The summed E-state index contributed by atoms with van der Waals surface area (Å²) in [6, 6.07) is 0. The van der Waals surface area contributed by atoms with E-state index in [1.54, 1.807) is 5.51 Å². The average Bonchev–Trinajstić information content (AvgIpc) is 2.75. The molecule has 0 aromatic carbocycles. The topological polar surface area (TPSA) is 59.2 Å². The zero-order valence-electron chi connectivity index (χ0n) is 6.10. The lowest BCUT2D eigenvalue weighted by atomic mass is 10.5. The van der Waals surface area contributed by atoms with Gasteiger partial charge in [-0.2, -0.15) is 0 Å². The molecular formula is C7H6N2O2S. The van der Waals surface area contributed by atoms with Crippen molar-refractivity contribution in [2.45, 2.75) is 6.61 Å². The molecule has 5 heteroatoms. The van der Waals surface area contributed by atoms with E-state index in [9.17, 15) is 0 Å². The van der Waals surface area contributed by atoms with E-state index in [0.29, 0.717) is 17.3 Å². The Bertz CT molecular complexity index is 355. The maximum atomic E-state index is 8.70. The molecule has 0 radical (unpaired) electrons. The molecule has 2 aromatic rings. The van der Waals surface area contributed by atoms with Gasteiger partial charge >= 0.3 is 0 Å². The van der Waals surface area contributed by atoms with Crippen LogP contribution in [0.4, 0.5) is 0 Å². The van der Waals surface area contributed by atoms with Gasteiger partial charge in [-0.05, 0) is 0 Å². The first kappa shape index (κ1) is 7.45. The number of oxazole rings is 1. The third kappa shape index (κ3) is 1.24. The summed E-state index contributed by atoms with van der Waals surface area (Å²) >= 11 is 1.48. The van der Waals surface area contributed by atoms with E-state index in [1.807, 2.05) is 5.38 Å². The highest BCUT2D eigenvalue weighted by Gasteiger charge is 2.06. The van der Waals surface area contributed by atoms with Crippen molar-refractivity contribution in [2.75, 3.05) is 0 Å². The van der Waals surface area contributed by atoms with Crippen LogP contribution >= 0.6 is 11.3 Å². The molecule has 0 fully saturated rings. The fourth-order valence-electron chi connectivity index (χ4n) is 0.817. The van der Waals surface area contributed by atoms with Crippen molar-refractivity contribution in [1.82, 2.24) is 9.97 Å². The summed E-state index contributed by atoms with van der Waals surface area (Å²) in [5.41, 5.74) is 2.41. The first-order valence-corrected chi connectivity index (χ1v) is 4.28. The van der Waals surface area contributed by atoms with Crippen molar-refractivity contribution in [3.8, 4) is 11.6 Å². The normalized spacial score (nSPS) is 10.4. The van der Waals surface area contributed by atoms with E-state index in [-0.39, 0.29) is 6.61 Å². The smallest absolute Gasteiger partial charge is 0.246 e. The zero-order chi connectivity index (χ0) is 8.39. The monoisotopic (exact) mass is 182 g/mol. The van der Waals surface area contributed by atoms with E-state index in [2.05, 4.69) is 9.97 Å². The molecule has 0 aliphatic heterocycles. The largest absolute Gasteiger partial charge is 0.437 e. The molecule has 0 unspecified atom stereocenters. The number of nitrogens with zero attached hydrogens (tertiary/aromatic N) is 2. The van der Waals surface area contributed by atoms with Crippen LogP contribution in [0.15, 0.2) is 21.5 Å². The Morgan fingerprint density at radius 3 is 3.00 bits per heavy atom. The lowest BCUT2D eigenvalue weighted by Gasteiger charge is -1.85. The Hall–Kier alpha value is -1.20. The number of hydrogen-bond donors (Lipinski definition) is 1. The number of aromatic nitrogens is 2. The number of aliphatic hydroxyl groups excluding tert-OH is 1. The predicted molar refractivity (Wildman–Crippen MR) is 43.5 cm³/mol. The van der Waals surface area contributed by atoms with Crippen LogP contribution in [-0.2, 0) is 6.61 Å². The minimum Gasteiger partial charge on any atom is -0.437 e. The van der Waals surface area contributed by atoms with Crippen LogP contribution in [0.1, 0.15) is 5.76 Å². The molecule has 1 N–H and O–H groups in total. The first-order valence-electron chi connectivity index (χ1n) is 3.34. The van der Waals surface area contributed by atoms with Gasteiger partial charge in [-0.1, -0.05) is 0 Å². The van der Waals surface area contributed by atoms with E-state index in [0.717, 1.165) is 0 Å². The summed E-state index contributed by atoms with van der Waals surface area (Å²) in [4.78, 5) is 7.96. The Balaban J connectivity index is 2.35. The van der Waals surface area contributed by atoms with E-state index in [4.69, 9.17) is 9.52 Å². The molecule has 0 bridgehead atoms. The number of thiazole rings is 1. The fourth-order valence-corrected chi connectivity index (χ4v) is 1.34. The molecule has 2 aromatic heterocycles. The Labute approximate surface area is 72.5 Å². The van der Waals surface area contributed by atoms with Gasteiger partial charge in [0.15, 0.2) is 0 Å². The Morgan fingerprint density at radius 1 is 1.50 bits per heavy atom. The van der Waals surface area contributed by atoms with Crippen molar-refractivity contribution >= 4 is 11.3 Å². The molecule has 12 heavy (non-hydrogen) atoms. The molecule has 0 spiro atoms. The highest BCUT2D eigenvalue weighted by molar-refractivity contribution is 7.07. The lowest BCUT2D eigenvalue weighted by molar-refractivity contribution is 0.248. The molecule has 0 saturated heterocycles. The first-order chi connectivity index (χ1) is 5.90. The second kappa shape index (κ2) is 3.04. The highest BCUT2D eigenvalue weighted by atomic mass is 32.1. The van der Waals surface area contributed by atoms with E-state index >= 15 is 0 Å². The van der Waals surface area contributed by atoms with Crippen molar-refractivity contribution in [2.24, 2.45) is 0 Å². The average molecular weight is 182 g/mol. The third-order valence-electron chi connectivity index (χ3n) is 1.36. The van der Waals surface area contributed by atoms with Crippen LogP contribution in [0.3, 0.4) is 0 Å². The minimum absolute atomic E-state index is 0.128. The van der Waals surface area contributed by atoms with E-state index in [1.165, 1.54) is 17.5 Å². The zero-order valence-corrected chi connectivity index (χ0v) is 6.91. The summed E-state index contributed by atoms with van der Waals surface area (Å²) < 4.78 is 5.16. The summed E-state index contributed by atoms with van der Waals surface area (Å²) in [5, 5.41) is 10.5. The van der Waals surface area contributed by atoms with Gasteiger partial charge in [0.05, 0.1) is 11.7 Å². The van der Waals surface area contributed by atoms with Crippen LogP contribution in [0, 0.1) is 0 Å². The van der Waals surface area contributed by atoms with Gasteiger partial charge in [0.2, 0.25) is 5.89 Å². The maximum absolute atomic E-state index is 8.70. The van der Waals surface area contributed by atoms with Crippen molar-refractivity contribution in [3.63, 3.8) is 0 Å². The van der Waals surface area contributed by atoms with Crippen LogP contribution in [-0.4, -0.2) is 15.1 Å². The summed E-state index contributed by atoms with van der Waals surface area (Å²) in [7, 11) is 0. The van der Waals surface area contributed by atoms with Crippen LogP contribution in [0.25, 0.3) is 11.6 Å². The van der Waals surface area contributed by atoms with Gasteiger partial charge in [-0.15, -0.1) is 11.3 Å². The van der Waals surface area contributed by atoms with Gasteiger partial charge in [-0.25, -0.2) is 9.97 Å². The molecular weight excluding hydrogens is 176 g/mol. The van der Waals surface area contributed by atoms with Crippen LogP contribution < -0.4 is 0 Å². The van der Waals surface area contributed by atoms with Gasteiger partial charge < -0.3 is 9.52 Å². The summed E-state index contributed by atoms with van der Waals surface area (Å²) in [6.45, 7) is -0.128. The molecule has 0 amide bonds. The molecule has 0 saturated carbocycles. The number of aliphatic hydroxyl groups is 1. The standard InChI is InChI=1S/C7H6N2O2S/c10-2-5-1-8-7(11-5)6-3-12-4-9-6/h1,3-4,10H,2H2. The van der Waals surface area contributed by atoms with Gasteiger partial charge in [0, 0.05) is 5.38 Å². The number of rotatable bonds is 2. The van der Waals surface area contributed by atoms with Gasteiger partial charge in [0.25, 0.3) is 0 Å². The molecule has 2 rings (SSSR count). The fraction of sp³-hybridized carbons (Fsp3) is 0.143. The molecule has 0 atom stereocenters. The summed E-state index contributed by atoms with van der Waals surface area (Å²) in [5.74, 6) is 0.915. The predicted octanol–water partition coefficient (Wildman–Crippen LogP) is 1.29. The van der Waals surface area contributed by atoms with E-state index < -0.39 is 0 Å². The Morgan fingerprint density at radius 2 is 2.42 bits per heavy atom. The molecule has 0 aliphatic carbocycles. The second-order valence-corrected chi connectivity index (χ2v) is 2.88. The lowest BCUT2D eigenvalue weighted by Crippen LogP contribution is -1.75. The molecule has 4 nitrogen and oxygen atoms in total.